The summed E-state index contributed by atoms with van der Waals surface area (Å²) in [5.74, 6) is 0.396. The van der Waals surface area contributed by atoms with E-state index in [1.54, 1.807) is 0 Å². The number of rotatable bonds is 4. The third-order valence-electron chi connectivity index (χ3n) is 7.11. The van der Waals surface area contributed by atoms with E-state index in [2.05, 4.69) is 42.1 Å². The van der Waals surface area contributed by atoms with Crippen molar-refractivity contribution in [3.05, 3.63) is 34.6 Å². The average Bonchev–Trinajstić information content (AvgIpc) is 3.04. The van der Waals surface area contributed by atoms with Gasteiger partial charge in [-0.15, -0.1) is 0 Å². The second kappa shape index (κ2) is 8.11. The van der Waals surface area contributed by atoms with Crippen molar-refractivity contribution in [2.24, 2.45) is 0 Å². The van der Waals surface area contributed by atoms with E-state index in [9.17, 15) is 4.79 Å². The highest BCUT2D eigenvalue weighted by atomic mass is 16.3. The van der Waals surface area contributed by atoms with E-state index in [-0.39, 0.29) is 11.4 Å². The lowest BCUT2D eigenvalue weighted by Gasteiger charge is -2.49. The lowest BCUT2D eigenvalue weighted by atomic mass is 9.79. The fourth-order valence-corrected chi connectivity index (χ4v) is 5.43. The van der Waals surface area contributed by atoms with Crippen molar-refractivity contribution in [1.82, 2.24) is 15.1 Å². The van der Waals surface area contributed by atoms with Crippen molar-refractivity contribution in [2.75, 3.05) is 39.8 Å². The van der Waals surface area contributed by atoms with Gasteiger partial charge >= 0.3 is 0 Å². The summed E-state index contributed by atoms with van der Waals surface area (Å²) in [7, 11) is 2.20. The Hall–Kier alpha value is -1.85. The lowest BCUT2D eigenvalue weighted by molar-refractivity contribution is 0.0136. The van der Waals surface area contributed by atoms with Crippen LogP contribution in [0.15, 0.2) is 16.5 Å². The summed E-state index contributed by atoms with van der Waals surface area (Å²) in [4.78, 5) is 18.2. The largest absolute Gasteiger partial charge is 0.451 e. The molecule has 0 unspecified atom stereocenters. The summed E-state index contributed by atoms with van der Waals surface area (Å²) in [5.41, 5.74) is 4.19. The molecule has 2 aliphatic rings. The predicted molar refractivity (Wildman–Crippen MR) is 118 cm³/mol. The van der Waals surface area contributed by atoms with Crippen LogP contribution in [-0.2, 0) is 0 Å². The fourth-order valence-electron chi connectivity index (χ4n) is 5.43. The summed E-state index contributed by atoms with van der Waals surface area (Å²) >= 11 is 0. The molecule has 1 aliphatic carbocycles. The molecule has 29 heavy (non-hydrogen) atoms. The Morgan fingerprint density at radius 2 is 1.76 bits per heavy atom. The van der Waals surface area contributed by atoms with Crippen molar-refractivity contribution in [3.63, 3.8) is 0 Å². The van der Waals surface area contributed by atoms with Gasteiger partial charge in [0.1, 0.15) is 5.58 Å². The summed E-state index contributed by atoms with van der Waals surface area (Å²) in [6, 6.07) is 4.18. The SMILES string of the molecule is Cc1cc(C)c2c(C)c(C(=O)NCC3(N4CCN(C)CC4)CCCCC3)oc2c1. The number of benzene rings is 1. The van der Waals surface area contributed by atoms with Crippen LogP contribution >= 0.6 is 0 Å². The molecule has 158 valence electrons. The first-order valence-corrected chi connectivity index (χ1v) is 11.1. The van der Waals surface area contributed by atoms with Crippen LogP contribution < -0.4 is 5.32 Å². The molecule has 1 saturated heterocycles. The monoisotopic (exact) mass is 397 g/mol. The van der Waals surface area contributed by atoms with E-state index in [1.165, 1.54) is 37.7 Å². The van der Waals surface area contributed by atoms with E-state index < -0.39 is 0 Å². The molecule has 1 aromatic heterocycles. The number of likely N-dealkylation sites (N-methyl/N-ethyl adjacent to an activating group) is 1. The second-order valence-electron chi connectivity index (χ2n) is 9.27. The van der Waals surface area contributed by atoms with Crippen LogP contribution in [0.2, 0.25) is 0 Å². The zero-order valence-corrected chi connectivity index (χ0v) is 18.4. The Bertz CT molecular complexity index is 887. The van der Waals surface area contributed by atoms with E-state index in [0.29, 0.717) is 12.3 Å². The molecule has 1 amide bonds. The van der Waals surface area contributed by atoms with Gasteiger partial charge in [-0.05, 0) is 57.9 Å². The Labute approximate surface area is 174 Å². The zero-order valence-electron chi connectivity index (χ0n) is 18.4. The zero-order chi connectivity index (χ0) is 20.6. The van der Waals surface area contributed by atoms with Crippen LogP contribution in [0, 0.1) is 20.8 Å². The van der Waals surface area contributed by atoms with Crippen LogP contribution in [-0.4, -0.2) is 61.0 Å². The maximum atomic E-state index is 13.1. The molecule has 0 radical (unpaired) electrons. The Kier molecular flexibility index (Phi) is 5.71. The van der Waals surface area contributed by atoms with E-state index in [4.69, 9.17) is 4.42 Å². The van der Waals surface area contributed by atoms with Crippen molar-refractivity contribution in [2.45, 2.75) is 58.4 Å². The Balaban J connectivity index is 1.53. The molecular weight excluding hydrogens is 362 g/mol. The number of aryl methyl sites for hydroxylation is 3. The van der Waals surface area contributed by atoms with Crippen molar-refractivity contribution < 1.29 is 9.21 Å². The van der Waals surface area contributed by atoms with Crippen molar-refractivity contribution in [1.29, 1.82) is 0 Å². The molecule has 1 aromatic carbocycles. The number of nitrogens with zero attached hydrogens (tertiary/aromatic N) is 2. The molecule has 2 fully saturated rings. The van der Waals surface area contributed by atoms with Crippen LogP contribution in [0.4, 0.5) is 0 Å². The number of piperazine rings is 1. The molecule has 1 saturated carbocycles. The number of fused-ring (bicyclic) bond motifs is 1. The molecule has 5 heteroatoms. The van der Waals surface area contributed by atoms with Crippen molar-refractivity contribution >= 4 is 16.9 Å². The van der Waals surface area contributed by atoms with Gasteiger partial charge in [-0.1, -0.05) is 25.3 Å². The average molecular weight is 398 g/mol. The normalized spacial score (nSPS) is 20.8. The topological polar surface area (TPSA) is 48.7 Å². The van der Waals surface area contributed by atoms with Crippen LogP contribution in [0.3, 0.4) is 0 Å². The maximum absolute atomic E-state index is 13.1. The molecule has 2 heterocycles. The van der Waals surface area contributed by atoms with E-state index >= 15 is 0 Å². The van der Waals surface area contributed by atoms with Gasteiger partial charge in [-0.25, -0.2) is 0 Å². The Morgan fingerprint density at radius 1 is 1.07 bits per heavy atom. The highest BCUT2D eigenvalue weighted by molar-refractivity contribution is 6.00. The van der Waals surface area contributed by atoms with Crippen LogP contribution in [0.1, 0.15) is 59.3 Å². The number of carbonyl (C=O) groups is 1. The minimum Gasteiger partial charge on any atom is -0.451 e. The second-order valence-corrected chi connectivity index (χ2v) is 9.27. The molecule has 0 spiro atoms. The molecule has 0 bridgehead atoms. The number of amides is 1. The number of nitrogens with one attached hydrogen (secondary N) is 1. The number of furan rings is 1. The van der Waals surface area contributed by atoms with Gasteiger partial charge in [-0.3, -0.25) is 9.69 Å². The quantitative estimate of drug-likeness (QED) is 0.846. The van der Waals surface area contributed by atoms with E-state index in [0.717, 1.165) is 48.3 Å². The molecule has 0 atom stereocenters. The van der Waals surface area contributed by atoms with Crippen LogP contribution in [0.25, 0.3) is 11.0 Å². The molecule has 5 nitrogen and oxygen atoms in total. The minimum absolute atomic E-state index is 0.0742. The highest BCUT2D eigenvalue weighted by Crippen LogP contribution is 2.34. The maximum Gasteiger partial charge on any atom is 0.287 e. The summed E-state index contributed by atoms with van der Waals surface area (Å²) < 4.78 is 6.02. The summed E-state index contributed by atoms with van der Waals surface area (Å²) in [6.45, 7) is 11.3. The third kappa shape index (κ3) is 3.95. The first-order chi connectivity index (χ1) is 13.9. The number of hydrogen-bond acceptors (Lipinski definition) is 4. The summed E-state index contributed by atoms with van der Waals surface area (Å²) in [6.07, 6.45) is 6.17. The number of hydrogen-bond donors (Lipinski definition) is 1. The van der Waals surface area contributed by atoms with Gasteiger partial charge in [-0.2, -0.15) is 0 Å². The lowest BCUT2D eigenvalue weighted by Crippen LogP contribution is -2.61. The molecule has 1 aliphatic heterocycles. The first-order valence-electron chi connectivity index (χ1n) is 11.1. The smallest absolute Gasteiger partial charge is 0.287 e. The molecule has 1 N–H and O–H groups in total. The standard InChI is InChI=1S/C24H35N3O2/c1-17-14-18(2)21-19(3)22(29-20(21)15-17)23(28)25-16-24(8-6-5-7-9-24)27-12-10-26(4)11-13-27/h14-15H,5-13,16H2,1-4H3,(H,25,28). The molecule has 4 rings (SSSR count). The van der Waals surface area contributed by atoms with Gasteiger partial charge in [0.2, 0.25) is 0 Å². The van der Waals surface area contributed by atoms with Gasteiger partial charge in [0.15, 0.2) is 5.76 Å². The Morgan fingerprint density at radius 3 is 2.45 bits per heavy atom. The van der Waals surface area contributed by atoms with Gasteiger partial charge < -0.3 is 14.6 Å². The van der Waals surface area contributed by atoms with Gasteiger partial charge in [0, 0.05) is 49.2 Å². The summed E-state index contributed by atoms with van der Waals surface area (Å²) in [5, 5.41) is 4.34. The predicted octanol–water partition coefficient (Wildman–Crippen LogP) is 4.04. The first kappa shape index (κ1) is 20.4. The minimum atomic E-state index is -0.0742. The molecule has 2 aromatic rings. The van der Waals surface area contributed by atoms with Gasteiger partial charge in [0.05, 0.1) is 0 Å². The van der Waals surface area contributed by atoms with Gasteiger partial charge in [0.25, 0.3) is 5.91 Å². The fraction of sp³-hybridized carbons (Fsp3) is 0.625. The highest BCUT2D eigenvalue weighted by Gasteiger charge is 2.39. The van der Waals surface area contributed by atoms with Crippen LogP contribution in [0.5, 0.6) is 0 Å². The third-order valence-corrected chi connectivity index (χ3v) is 7.11. The van der Waals surface area contributed by atoms with Crippen molar-refractivity contribution in [3.8, 4) is 0 Å². The van der Waals surface area contributed by atoms with E-state index in [1.807, 2.05) is 13.0 Å². The number of carbonyl (C=O) groups excluding carboxylic acids is 1. The molecular formula is C24H35N3O2.